The van der Waals surface area contributed by atoms with Crippen molar-refractivity contribution in [3.63, 3.8) is 0 Å². The van der Waals surface area contributed by atoms with Crippen molar-refractivity contribution in [2.45, 2.75) is 77.6 Å². The molecule has 2 fully saturated rings. The number of hydrogen-bond donors (Lipinski definition) is 1. The Hall–Kier alpha value is -1.04. The van der Waals surface area contributed by atoms with E-state index in [2.05, 4.69) is 18.3 Å². The molecule has 1 amide bonds. The van der Waals surface area contributed by atoms with Crippen molar-refractivity contribution in [2.24, 2.45) is 17.3 Å². The summed E-state index contributed by atoms with van der Waals surface area (Å²) in [6.45, 7) is 3.08. The van der Waals surface area contributed by atoms with E-state index in [1.165, 1.54) is 25.7 Å². The summed E-state index contributed by atoms with van der Waals surface area (Å²) in [7, 11) is 0. The predicted molar refractivity (Wildman–Crippen MR) is 84.5 cm³/mol. The van der Waals surface area contributed by atoms with Gasteiger partial charge in [-0.15, -0.1) is 0 Å². The zero-order valence-corrected chi connectivity index (χ0v) is 13.5. The average Bonchev–Trinajstić information content (AvgIpc) is 2.73. The number of carbonyl (C=O) groups is 1. The van der Waals surface area contributed by atoms with Crippen LogP contribution in [0.1, 0.15) is 77.6 Å². The third kappa shape index (κ3) is 4.46. The molecule has 2 rings (SSSR count). The largest absolute Gasteiger partial charge is 0.355 e. The van der Waals surface area contributed by atoms with E-state index in [1.54, 1.807) is 0 Å². The lowest BCUT2D eigenvalue weighted by molar-refractivity contribution is -0.128. The Bertz CT molecular complexity index is 377. The third-order valence-corrected chi connectivity index (χ3v) is 5.49. The van der Waals surface area contributed by atoms with Gasteiger partial charge in [0, 0.05) is 6.54 Å². The predicted octanol–water partition coefficient (Wildman–Crippen LogP) is 4.18. The lowest BCUT2D eigenvalue weighted by Crippen LogP contribution is -2.40. The highest BCUT2D eigenvalue weighted by Gasteiger charge is 2.38. The highest BCUT2D eigenvalue weighted by atomic mass is 16.2. The fraction of sp³-hybridized carbons (Fsp3) is 0.889. The Morgan fingerprint density at radius 1 is 1.19 bits per heavy atom. The Labute approximate surface area is 129 Å². The normalized spacial score (nSPS) is 29.1. The van der Waals surface area contributed by atoms with E-state index >= 15 is 0 Å². The molecule has 0 radical (unpaired) electrons. The lowest BCUT2D eigenvalue weighted by Gasteiger charge is -2.28. The van der Waals surface area contributed by atoms with Crippen LogP contribution in [0, 0.1) is 28.6 Å². The van der Waals surface area contributed by atoms with E-state index in [1.807, 2.05) is 0 Å². The molecule has 0 heterocycles. The fourth-order valence-electron chi connectivity index (χ4n) is 4.10. The first-order valence-corrected chi connectivity index (χ1v) is 8.86. The summed E-state index contributed by atoms with van der Waals surface area (Å²) in [6.07, 6.45) is 12.2. The molecular formula is C18H30N2O. The van der Waals surface area contributed by atoms with Crippen LogP contribution in [0.2, 0.25) is 0 Å². The molecule has 0 saturated heterocycles. The molecule has 1 N–H and O–H groups in total. The molecule has 118 valence electrons. The van der Waals surface area contributed by atoms with Crippen LogP contribution in [-0.4, -0.2) is 12.5 Å². The maximum atomic E-state index is 12.5. The first-order chi connectivity index (χ1) is 10.2. The Morgan fingerprint density at radius 3 is 2.52 bits per heavy atom. The topological polar surface area (TPSA) is 52.9 Å². The molecule has 0 aromatic carbocycles. The van der Waals surface area contributed by atoms with Gasteiger partial charge >= 0.3 is 0 Å². The molecule has 0 aromatic heterocycles. The molecule has 0 aromatic rings. The minimum Gasteiger partial charge on any atom is -0.355 e. The zero-order chi connectivity index (χ0) is 15.1. The summed E-state index contributed by atoms with van der Waals surface area (Å²) >= 11 is 0. The van der Waals surface area contributed by atoms with Crippen LogP contribution in [0.25, 0.3) is 0 Å². The van der Waals surface area contributed by atoms with Crippen molar-refractivity contribution >= 4 is 5.91 Å². The van der Waals surface area contributed by atoms with Crippen LogP contribution >= 0.6 is 0 Å². The molecule has 2 atom stereocenters. The van der Waals surface area contributed by atoms with Gasteiger partial charge in [0.2, 0.25) is 5.91 Å². The molecule has 2 aliphatic carbocycles. The van der Waals surface area contributed by atoms with Gasteiger partial charge < -0.3 is 5.32 Å². The Morgan fingerprint density at radius 2 is 1.90 bits per heavy atom. The fourth-order valence-corrected chi connectivity index (χ4v) is 4.10. The van der Waals surface area contributed by atoms with Gasteiger partial charge in [0.1, 0.15) is 5.41 Å². The Balaban J connectivity index is 1.78. The van der Waals surface area contributed by atoms with Crippen LogP contribution in [0.3, 0.4) is 0 Å². The molecule has 3 nitrogen and oxygen atoms in total. The molecule has 2 saturated carbocycles. The quantitative estimate of drug-likeness (QED) is 0.789. The number of nitrogens with one attached hydrogen (secondary N) is 1. The van der Waals surface area contributed by atoms with E-state index in [0.717, 1.165) is 63.3 Å². The summed E-state index contributed by atoms with van der Waals surface area (Å²) in [5.41, 5.74) is -0.740. The zero-order valence-electron chi connectivity index (χ0n) is 13.5. The molecule has 21 heavy (non-hydrogen) atoms. The first-order valence-electron chi connectivity index (χ1n) is 8.86. The second kappa shape index (κ2) is 7.82. The smallest absolute Gasteiger partial charge is 0.240 e. The van der Waals surface area contributed by atoms with Crippen LogP contribution in [-0.2, 0) is 4.79 Å². The SMILES string of the molecule is CC1CCCC(CCNC(=O)C2(C#N)CCCCCC2)C1. The van der Waals surface area contributed by atoms with Crippen molar-refractivity contribution < 1.29 is 4.79 Å². The minimum absolute atomic E-state index is 0.00393. The number of nitriles is 1. The van der Waals surface area contributed by atoms with Gasteiger partial charge in [0.05, 0.1) is 6.07 Å². The summed E-state index contributed by atoms with van der Waals surface area (Å²) < 4.78 is 0. The van der Waals surface area contributed by atoms with E-state index in [9.17, 15) is 10.1 Å². The highest BCUT2D eigenvalue weighted by Crippen LogP contribution is 2.35. The second-order valence-electron chi connectivity index (χ2n) is 7.29. The summed E-state index contributed by atoms with van der Waals surface area (Å²) in [4.78, 5) is 12.5. The number of hydrogen-bond acceptors (Lipinski definition) is 2. The second-order valence-corrected chi connectivity index (χ2v) is 7.29. The van der Waals surface area contributed by atoms with Crippen molar-refractivity contribution in [3.8, 4) is 6.07 Å². The first kappa shape index (κ1) is 16.3. The number of nitrogens with zero attached hydrogens (tertiary/aromatic N) is 1. The van der Waals surface area contributed by atoms with E-state index in [-0.39, 0.29) is 5.91 Å². The summed E-state index contributed by atoms with van der Waals surface area (Å²) in [6, 6.07) is 2.34. The van der Waals surface area contributed by atoms with Gasteiger partial charge in [-0.25, -0.2) is 0 Å². The average molecular weight is 290 g/mol. The van der Waals surface area contributed by atoms with Gasteiger partial charge in [0.25, 0.3) is 0 Å². The van der Waals surface area contributed by atoms with E-state index in [0.29, 0.717) is 0 Å². The molecule has 2 aliphatic rings. The van der Waals surface area contributed by atoms with Gasteiger partial charge in [-0.3, -0.25) is 4.79 Å². The van der Waals surface area contributed by atoms with Crippen molar-refractivity contribution in [1.82, 2.24) is 5.32 Å². The maximum Gasteiger partial charge on any atom is 0.240 e. The molecule has 0 aliphatic heterocycles. The number of amides is 1. The highest BCUT2D eigenvalue weighted by molar-refractivity contribution is 5.85. The van der Waals surface area contributed by atoms with Crippen molar-refractivity contribution in [1.29, 1.82) is 5.26 Å². The van der Waals surface area contributed by atoms with Crippen LogP contribution in [0.5, 0.6) is 0 Å². The minimum atomic E-state index is -0.740. The van der Waals surface area contributed by atoms with Gasteiger partial charge in [-0.2, -0.15) is 5.26 Å². The van der Waals surface area contributed by atoms with Gasteiger partial charge in [-0.05, 0) is 37.5 Å². The van der Waals surface area contributed by atoms with Gasteiger partial charge in [0.15, 0.2) is 0 Å². The van der Waals surface area contributed by atoms with E-state index < -0.39 is 5.41 Å². The molecule has 0 spiro atoms. The van der Waals surface area contributed by atoms with Gasteiger partial charge in [-0.1, -0.05) is 51.9 Å². The van der Waals surface area contributed by atoms with Crippen LogP contribution in [0.15, 0.2) is 0 Å². The molecule has 3 heteroatoms. The van der Waals surface area contributed by atoms with Crippen LogP contribution < -0.4 is 5.32 Å². The number of carbonyl (C=O) groups excluding carboxylic acids is 1. The number of rotatable bonds is 4. The Kier molecular flexibility index (Phi) is 6.08. The molecule has 0 bridgehead atoms. The van der Waals surface area contributed by atoms with Crippen LogP contribution in [0.4, 0.5) is 0 Å². The van der Waals surface area contributed by atoms with Crippen molar-refractivity contribution in [2.75, 3.05) is 6.54 Å². The summed E-state index contributed by atoms with van der Waals surface area (Å²) in [5.74, 6) is 1.60. The summed E-state index contributed by atoms with van der Waals surface area (Å²) in [5, 5.41) is 12.6. The maximum absolute atomic E-state index is 12.5. The van der Waals surface area contributed by atoms with Crippen molar-refractivity contribution in [3.05, 3.63) is 0 Å². The lowest BCUT2D eigenvalue weighted by atomic mass is 9.80. The standard InChI is InChI=1S/C18H30N2O/c1-15-7-6-8-16(13-15)9-12-20-17(21)18(14-19)10-4-2-3-5-11-18/h15-16H,2-13H2,1H3,(H,20,21). The molecular weight excluding hydrogens is 260 g/mol. The monoisotopic (exact) mass is 290 g/mol. The molecule has 2 unspecified atom stereocenters. The third-order valence-electron chi connectivity index (χ3n) is 5.49. The van der Waals surface area contributed by atoms with E-state index in [4.69, 9.17) is 0 Å².